The molecule has 3 nitrogen and oxygen atoms in total. The molecule has 2 aromatic rings. The maximum Gasteiger partial charge on any atom is 0.0552 e. The minimum atomic E-state index is -0.189. The van der Waals surface area contributed by atoms with Gasteiger partial charge < -0.3 is 10.1 Å². The highest BCUT2D eigenvalue weighted by Gasteiger charge is 2.23. The van der Waals surface area contributed by atoms with Crippen molar-refractivity contribution in [2.45, 2.75) is 32.4 Å². The molecule has 1 aromatic heterocycles. The summed E-state index contributed by atoms with van der Waals surface area (Å²) in [4.78, 5) is 5.74. The van der Waals surface area contributed by atoms with Gasteiger partial charge in [0.05, 0.1) is 6.10 Å². The highest BCUT2D eigenvalue weighted by atomic mass is 16.3. The van der Waals surface area contributed by atoms with Crippen LogP contribution in [-0.4, -0.2) is 34.2 Å². The number of aromatic nitrogens is 1. The van der Waals surface area contributed by atoms with Crippen LogP contribution in [0.25, 0.3) is 10.9 Å². The van der Waals surface area contributed by atoms with E-state index in [1.807, 2.05) is 13.1 Å². The Balaban J connectivity index is 1.75. The predicted octanol–water partition coefficient (Wildman–Crippen LogP) is 2.76. The van der Waals surface area contributed by atoms with Crippen molar-refractivity contribution >= 4 is 10.9 Å². The lowest BCUT2D eigenvalue weighted by Gasteiger charge is -2.34. The van der Waals surface area contributed by atoms with Gasteiger partial charge in [-0.2, -0.15) is 0 Å². The average Bonchev–Trinajstić information content (AvgIpc) is 2.88. The molecule has 102 valence electrons. The zero-order chi connectivity index (χ0) is 13.2. The second-order valence-electron chi connectivity index (χ2n) is 5.73. The third kappa shape index (κ3) is 2.67. The zero-order valence-electron chi connectivity index (χ0n) is 11.5. The summed E-state index contributed by atoms with van der Waals surface area (Å²) in [5, 5.41) is 11.1. The van der Waals surface area contributed by atoms with Gasteiger partial charge in [0, 0.05) is 30.2 Å². The minimum absolute atomic E-state index is 0.189. The summed E-state index contributed by atoms with van der Waals surface area (Å²) in [6.07, 6.45) is 4.16. The van der Waals surface area contributed by atoms with Crippen LogP contribution in [0.3, 0.4) is 0 Å². The third-order valence-electron chi connectivity index (χ3n) is 4.30. The Bertz CT molecular complexity index is 546. The molecule has 0 saturated carbocycles. The van der Waals surface area contributed by atoms with Crippen LogP contribution in [0.5, 0.6) is 0 Å². The summed E-state index contributed by atoms with van der Waals surface area (Å²) in [6, 6.07) is 8.60. The lowest BCUT2D eigenvalue weighted by Crippen LogP contribution is -2.39. The van der Waals surface area contributed by atoms with Crippen molar-refractivity contribution < 1.29 is 5.11 Å². The van der Waals surface area contributed by atoms with Crippen LogP contribution in [-0.2, 0) is 6.54 Å². The zero-order valence-corrected chi connectivity index (χ0v) is 11.5. The van der Waals surface area contributed by atoms with E-state index in [1.165, 1.54) is 22.9 Å². The summed E-state index contributed by atoms with van der Waals surface area (Å²) in [6.45, 7) is 5.06. The van der Waals surface area contributed by atoms with E-state index >= 15 is 0 Å². The van der Waals surface area contributed by atoms with Crippen LogP contribution in [0.1, 0.15) is 25.3 Å². The number of H-pyrrole nitrogens is 1. The van der Waals surface area contributed by atoms with Gasteiger partial charge in [-0.1, -0.05) is 12.1 Å². The van der Waals surface area contributed by atoms with Crippen LogP contribution >= 0.6 is 0 Å². The molecule has 3 rings (SSSR count). The third-order valence-corrected chi connectivity index (χ3v) is 4.30. The fourth-order valence-electron chi connectivity index (χ4n) is 3.16. The van der Waals surface area contributed by atoms with E-state index in [2.05, 4.69) is 34.1 Å². The summed E-state index contributed by atoms with van der Waals surface area (Å²) in [5.41, 5.74) is 2.59. The highest BCUT2D eigenvalue weighted by Crippen LogP contribution is 2.24. The Hall–Kier alpha value is -1.32. The summed E-state index contributed by atoms with van der Waals surface area (Å²) in [5.74, 6) is 0.430. The minimum Gasteiger partial charge on any atom is -0.393 e. The molecule has 0 unspecified atom stereocenters. The monoisotopic (exact) mass is 258 g/mol. The van der Waals surface area contributed by atoms with Crippen molar-refractivity contribution in [1.29, 1.82) is 0 Å². The normalized spacial score (nSPS) is 22.7. The Labute approximate surface area is 114 Å². The molecule has 1 fully saturated rings. The van der Waals surface area contributed by atoms with Crippen LogP contribution < -0.4 is 0 Å². The molecule has 0 radical (unpaired) electrons. The fraction of sp³-hybridized carbons (Fsp3) is 0.500. The number of aliphatic hydroxyl groups excluding tert-OH is 1. The number of aliphatic hydroxyl groups is 1. The molecule has 0 spiro atoms. The quantitative estimate of drug-likeness (QED) is 0.888. The predicted molar refractivity (Wildman–Crippen MR) is 78.0 cm³/mol. The van der Waals surface area contributed by atoms with Crippen molar-refractivity contribution in [3.05, 3.63) is 36.0 Å². The summed E-state index contributed by atoms with van der Waals surface area (Å²) in [7, 11) is 0. The first-order valence-corrected chi connectivity index (χ1v) is 7.19. The first-order valence-electron chi connectivity index (χ1n) is 7.19. The number of rotatable bonds is 3. The van der Waals surface area contributed by atoms with Gasteiger partial charge in [-0.15, -0.1) is 0 Å². The number of likely N-dealkylation sites (tertiary alicyclic amines) is 1. The fourth-order valence-corrected chi connectivity index (χ4v) is 3.16. The summed E-state index contributed by atoms with van der Waals surface area (Å²) >= 11 is 0. The standard InChI is InChI=1S/C16H22N2O/c1-12(19)13-5-3-9-18(10-13)11-14-4-2-6-16-15(14)7-8-17-16/h2,4,6-8,12-13,17,19H,3,5,9-11H2,1H3/t12-,13-/m0/s1. The van der Waals surface area contributed by atoms with Gasteiger partial charge in [0.15, 0.2) is 0 Å². The lowest BCUT2D eigenvalue weighted by atomic mass is 9.93. The molecule has 0 bridgehead atoms. The maximum absolute atomic E-state index is 9.77. The van der Waals surface area contributed by atoms with E-state index in [0.717, 1.165) is 26.1 Å². The molecular formula is C16H22N2O. The molecule has 1 saturated heterocycles. The molecule has 2 atom stereocenters. The van der Waals surface area contributed by atoms with Crippen molar-refractivity contribution in [3.8, 4) is 0 Å². The SMILES string of the molecule is C[C@H](O)[C@H]1CCCN(Cc2cccc3[nH]ccc23)C1. The topological polar surface area (TPSA) is 39.3 Å². The van der Waals surface area contributed by atoms with Crippen LogP contribution in [0, 0.1) is 5.92 Å². The first kappa shape index (κ1) is 12.7. The molecule has 0 aliphatic carbocycles. The number of nitrogens with one attached hydrogen (secondary N) is 1. The van der Waals surface area contributed by atoms with E-state index < -0.39 is 0 Å². The number of fused-ring (bicyclic) bond motifs is 1. The van der Waals surface area contributed by atoms with Crippen molar-refractivity contribution in [2.75, 3.05) is 13.1 Å². The molecular weight excluding hydrogens is 236 g/mol. The van der Waals surface area contributed by atoms with E-state index in [1.54, 1.807) is 0 Å². The maximum atomic E-state index is 9.77. The second kappa shape index (κ2) is 5.35. The smallest absolute Gasteiger partial charge is 0.0552 e. The Morgan fingerprint density at radius 1 is 1.42 bits per heavy atom. The van der Waals surface area contributed by atoms with Crippen LogP contribution in [0.2, 0.25) is 0 Å². The first-order chi connectivity index (χ1) is 9.24. The largest absolute Gasteiger partial charge is 0.393 e. The molecule has 1 aromatic carbocycles. The number of hydrogen-bond acceptors (Lipinski definition) is 2. The van der Waals surface area contributed by atoms with Gasteiger partial charge in [0.2, 0.25) is 0 Å². The van der Waals surface area contributed by atoms with Gasteiger partial charge >= 0.3 is 0 Å². The molecule has 0 amide bonds. The van der Waals surface area contributed by atoms with Gasteiger partial charge in [0.1, 0.15) is 0 Å². The molecule has 1 aliphatic rings. The Kier molecular flexibility index (Phi) is 3.58. The van der Waals surface area contributed by atoms with Gasteiger partial charge in [-0.25, -0.2) is 0 Å². The van der Waals surface area contributed by atoms with E-state index in [0.29, 0.717) is 5.92 Å². The van der Waals surface area contributed by atoms with E-state index in [4.69, 9.17) is 0 Å². The number of hydrogen-bond donors (Lipinski definition) is 2. The molecule has 2 heterocycles. The molecule has 3 heteroatoms. The highest BCUT2D eigenvalue weighted by molar-refractivity contribution is 5.82. The van der Waals surface area contributed by atoms with Gasteiger partial charge in [-0.3, -0.25) is 4.90 Å². The van der Waals surface area contributed by atoms with Crippen molar-refractivity contribution in [1.82, 2.24) is 9.88 Å². The second-order valence-corrected chi connectivity index (χ2v) is 5.73. The number of benzene rings is 1. The summed E-state index contributed by atoms with van der Waals surface area (Å²) < 4.78 is 0. The molecule has 1 aliphatic heterocycles. The van der Waals surface area contributed by atoms with Gasteiger partial charge in [0.25, 0.3) is 0 Å². The number of aromatic amines is 1. The van der Waals surface area contributed by atoms with Gasteiger partial charge in [-0.05, 0) is 49.9 Å². The van der Waals surface area contributed by atoms with E-state index in [9.17, 15) is 5.11 Å². The van der Waals surface area contributed by atoms with Crippen molar-refractivity contribution in [3.63, 3.8) is 0 Å². The molecule has 19 heavy (non-hydrogen) atoms. The number of piperidine rings is 1. The number of nitrogens with zero attached hydrogens (tertiary/aromatic N) is 1. The van der Waals surface area contributed by atoms with E-state index in [-0.39, 0.29) is 6.10 Å². The Morgan fingerprint density at radius 3 is 3.16 bits per heavy atom. The Morgan fingerprint density at radius 2 is 2.32 bits per heavy atom. The molecule has 2 N–H and O–H groups in total. The van der Waals surface area contributed by atoms with Crippen LogP contribution in [0.4, 0.5) is 0 Å². The lowest BCUT2D eigenvalue weighted by molar-refractivity contribution is 0.0600. The van der Waals surface area contributed by atoms with Crippen LogP contribution in [0.15, 0.2) is 30.5 Å². The average molecular weight is 258 g/mol. The van der Waals surface area contributed by atoms with Crippen molar-refractivity contribution in [2.24, 2.45) is 5.92 Å².